The Morgan fingerprint density at radius 1 is 0.565 bits per heavy atom. The molecule has 8 nitrogen and oxygen atoms in total. The van der Waals surface area contributed by atoms with Crippen LogP contribution in [0.25, 0.3) is 0 Å². The first-order chi connectivity index (χ1) is 22.3. The number of unbranched alkanes of at least 4 members (excludes halogenated alkanes) is 8. The van der Waals surface area contributed by atoms with Crippen LogP contribution in [0.4, 0.5) is 0 Å². The highest BCUT2D eigenvalue weighted by Crippen LogP contribution is 2.35. The van der Waals surface area contributed by atoms with Crippen LogP contribution in [0.15, 0.2) is 72.9 Å². The highest BCUT2D eigenvalue weighted by atomic mass is 31.2. The topological polar surface area (TPSA) is 119 Å². The molecular weight excluding hydrogens is 603 g/mol. The average molecular weight is 665 g/mol. The molecule has 0 heterocycles. The number of rotatable bonds is 30. The summed E-state index contributed by atoms with van der Waals surface area (Å²) in [5, 5.41) is 0. The van der Waals surface area contributed by atoms with Crippen LogP contribution >= 0.6 is 7.82 Å². The van der Waals surface area contributed by atoms with E-state index in [-0.39, 0.29) is 19.4 Å². The smallest absolute Gasteiger partial charge is 0.462 e. The van der Waals surface area contributed by atoms with Crippen LogP contribution in [-0.4, -0.2) is 41.0 Å². The molecule has 0 saturated carbocycles. The van der Waals surface area contributed by atoms with Crippen LogP contribution < -0.4 is 0 Å². The lowest BCUT2D eigenvalue weighted by Crippen LogP contribution is -2.29. The van der Waals surface area contributed by atoms with E-state index in [1.54, 1.807) is 0 Å². The van der Waals surface area contributed by atoms with E-state index in [1.165, 1.54) is 0 Å². The van der Waals surface area contributed by atoms with Crippen molar-refractivity contribution in [3.05, 3.63) is 72.9 Å². The van der Waals surface area contributed by atoms with Gasteiger partial charge < -0.3 is 19.3 Å². The van der Waals surface area contributed by atoms with Crippen LogP contribution in [0.3, 0.4) is 0 Å². The van der Waals surface area contributed by atoms with Gasteiger partial charge in [-0.3, -0.25) is 14.1 Å². The number of carbonyl (C=O) groups is 2. The minimum atomic E-state index is -4.76. The van der Waals surface area contributed by atoms with E-state index in [0.717, 1.165) is 89.9 Å². The molecule has 0 aromatic heterocycles. The van der Waals surface area contributed by atoms with Gasteiger partial charge in [0.15, 0.2) is 6.10 Å². The molecular formula is C37H61O8P. The van der Waals surface area contributed by atoms with E-state index in [2.05, 4.69) is 91.3 Å². The molecule has 1 atom stereocenters. The highest BCUT2D eigenvalue weighted by Gasteiger charge is 2.22. The summed E-state index contributed by atoms with van der Waals surface area (Å²) >= 11 is 0. The maximum absolute atomic E-state index is 12.3. The Morgan fingerprint density at radius 2 is 0.978 bits per heavy atom. The number of hydrogen-bond donors (Lipinski definition) is 2. The number of carbonyl (C=O) groups excluding carboxylic acids is 2. The molecule has 0 rings (SSSR count). The Bertz CT molecular complexity index is 974. The largest absolute Gasteiger partial charge is 0.469 e. The van der Waals surface area contributed by atoms with Gasteiger partial charge in [0.2, 0.25) is 0 Å². The van der Waals surface area contributed by atoms with Crippen LogP contribution in [0.2, 0.25) is 0 Å². The molecule has 0 amide bonds. The number of hydrogen-bond acceptors (Lipinski definition) is 6. The van der Waals surface area contributed by atoms with Crippen molar-refractivity contribution in [1.82, 2.24) is 0 Å². The molecule has 0 radical (unpaired) electrons. The third kappa shape index (κ3) is 34.4. The van der Waals surface area contributed by atoms with Crippen molar-refractivity contribution in [3.8, 4) is 0 Å². The minimum absolute atomic E-state index is 0.182. The summed E-state index contributed by atoms with van der Waals surface area (Å²) in [7, 11) is -4.76. The Hall–Kier alpha value is -2.51. The van der Waals surface area contributed by atoms with Crippen LogP contribution in [0.1, 0.15) is 129 Å². The molecule has 0 aliphatic rings. The predicted molar refractivity (Wildman–Crippen MR) is 188 cm³/mol. The Morgan fingerprint density at radius 3 is 1.48 bits per heavy atom. The molecule has 1 unspecified atom stereocenters. The highest BCUT2D eigenvalue weighted by molar-refractivity contribution is 7.46. The third-order valence-corrected chi connectivity index (χ3v) is 7.21. The molecule has 2 N–H and O–H groups in total. The lowest BCUT2D eigenvalue weighted by atomic mass is 10.1. The van der Waals surface area contributed by atoms with Gasteiger partial charge in [0.1, 0.15) is 6.61 Å². The van der Waals surface area contributed by atoms with E-state index >= 15 is 0 Å². The Balaban J connectivity index is 4.10. The fourth-order valence-electron chi connectivity index (χ4n) is 4.22. The van der Waals surface area contributed by atoms with Crippen molar-refractivity contribution in [2.75, 3.05) is 13.2 Å². The van der Waals surface area contributed by atoms with Gasteiger partial charge in [0.05, 0.1) is 6.61 Å². The number of phosphoric acid groups is 1. The first-order valence-electron chi connectivity index (χ1n) is 17.2. The summed E-state index contributed by atoms with van der Waals surface area (Å²) in [5.41, 5.74) is 0. The summed E-state index contributed by atoms with van der Waals surface area (Å²) < 4.78 is 26.2. The van der Waals surface area contributed by atoms with Crippen LogP contribution in [0, 0.1) is 0 Å². The monoisotopic (exact) mass is 664 g/mol. The first-order valence-corrected chi connectivity index (χ1v) is 18.8. The molecule has 0 saturated heterocycles. The molecule has 0 aromatic rings. The third-order valence-electron chi connectivity index (χ3n) is 6.72. The Labute approximate surface area is 279 Å². The molecule has 0 aliphatic carbocycles. The van der Waals surface area contributed by atoms with E-state index in [0.29, 0.717) is 12.8 Å². The zero-order valence-corrected chi connectivity index (χ0v) is 29.3. The average Bonchev–Trinajstić information content (AvgIpc) is 3.02. The molecule has 0 aromatic carbocycles. The lowest BCUT2D eigenvalue weighted by Gasteiger charge is -2.18. The normalized spacial score (nSPS) is 13.4. The van der Waals surface area contributed by atoms with Gasteiger partial charge in [-0.15, -0.1) is 0 Å². The SMILES string of the molecule is CC/C=C\C/C=C\C/C=C\CCCCCCCC(=O)OC(COC(=O)CCCCC/C=C\C/C=C\C/C=C\CC)COP(=O)(O)O. The second-order valence-corrected chi connectivity index (χ2v) is 12.3. The fraction of sp³-hybridized carbons (Fsp3) is 0.622. The van der Waals surface area contributed by atoms with Gasteiger partial charge >= 0.3 is 19.8 Å². The van der Waals surface area contributed by atoms with Crippen molar-refractivity contribution in [3.63, 3.8) is 0 Å². The molecule has 46 heavy (non-hydrogen) atoms. The molecule has 0 fully saturated rings. The number of phosphoric ester groups is 1. The maximum Gasteiger partial charge on any atom is 0.469 e. The summed E-state index contributed by atoms with van der Waals surface area (Å²) in [6.07, 6.45) is 40.5. The van der Waals surface area contributed by atoms with Gasteiger partial charge in [-0.2, -0.15) is 0 Å². The number of ether oxygens (including phenoxy) is 2. The standard InChI is InChI=1S/C37H61O8P/c1-3-5-7-9-11-13-15-17-18-20-22-24-26-28-30-32-37(39)45-35(34-44-46(40,41)42)33-43-36(38)31-29-27-25-23-21-19-16-14-12-10-8-6-4-2/h5-8,11-14,17-19,21,35H,3-4,9-10,15-16,20,22-34H2,1-2H3,(H2,40,41,42)/b7-5-,8-6-,13-11-,14-12-,18-17-,21-19-. The van der Waals surface area contributed by atoms with E-state index in [4.69, 9.17) is 19.3 Å². The number of esters is 2. The predicted octanol–water partition coefficient (Wildman–Crippen LogP) is 9.95. The molecule has 0 bridgehead atoms. The van der Waals surface area contributed by atoms with E-state index < -0.39 is 32.5 Å². The molecule has 262 valence electrons. The lowest BCUT2D eigenvalue weighted by molar-refractivity contribution is -0.161. The van der Waals surface area contributed by atoms with Crippen LogP contribution in [0.5, 0.6) is 0 Å². The fourth-order valence-corrected chi connectivity index (χ4v) is 4.58. The second-order valence-electron chi connectivity index (χ2n) is 11.1. The van der Waals surface area contributed by atoms with Crippen molar-refractivity contribution in [1.29, 1.82) is 0 Å². The van der Waals surface area contributed by atoms with Crippen molar-refractivity contribution in [2.24, 2.45) is 0 Å². The van der Waals surface area contributed by atoms with Crippen molar-refractivity contribution < 1.29 is 37.9 Å². The maximum atomic E-state index is 12.3. The van der Waals surface area contributed by atoms with Crippen LogP contribution in [-0.2, 0) is 28.2 Å². The molecule has 0 aliphatic heterocycles. The van der Waals surface area contributed by atoms with Gasteiger partial charge in [0, 0.05) is 12.8 Å². The Kier molecular flexibility index (Phi) is 30.7. The van der Waals surface area contributed by atoms with E-state index in [9.17, 15) is 14.2 Å². The van der Waals surface area contributed by atoms with Gasteiger partial charge in [-0.25, -0.2) is 4.57 Å². The summed E-state index contributed by atoms with van der Waals surface area (Å²) in [4.78, 5) is 42.6. The minimum Gasteiger partial charge on any atom is -0.462 e. The van der Waals surface area contributed by atoms with Gasteiger partial charge in [-0.05, 0) is 77.0 Å². The van der Waals surface area contributed by atoms with Gasteiger partial charge in [0.25, 0.3) is 0 Å². The zero-order chi connectivity index (χ0) is 34.0. The summed E-state index contributed by atoms with van der Waals surface area (Å²) in [6, 6.07) is 0. The molecule has 0 spiro atoms. The van der Waals surface area contributed by atoms with E-state index in [1.807, 2.05) is 0 Å². The molecule has 9 heteroatoms. The van der Waals surface area contributed by atoms with Crippen molar-refractivity contribution in [2.45, 2.75) is 136 Å². The summed E-state index contributed by atoms with van der Waals surface area (Å²) in [6.45, 7) is 3.38. The van der Waals surface area contributed by atoms with Crippen molar-refractivity contribution >= 4 is 19.8 Å². The first kappa shape index (κ1) is 43.5. The van der Waals surface area contributed by atoms with Gasteiger partial charge in [-0.1, -0.05) is 112 Å². The second kappa shape index (κ2) is 32.4. The quantitative estimate of drug-likeness (QED) is 0.0337. The zero-order valence-electron chi connectivity index (χ0n) is 28.4. The summed E-state index contributed by atoms with van der Waals surface area (Å²) in [5.74, 6) is -0.949. The number of allylic oxidation sites excluding steroid dienone is 12.